The first kappa shape index (κ1) is 12.8. The number of rotatable bonds is 3. The highest BCUT2D eigenvalue weighted by atomic mass is 32.2. The SMILES string of the molecule is C=S1(=O)C=Cc2ccc(CC(=O)c3ccccn3)cc21. The van der Waals surface area contributed by atoms with Crippen molar-refractivity contribution in [3.05, 3.63) is 64.8 Å². The van der Waals surface area contributed by atoms with Gasteiger partial charge in [0.25, 0.3) is 0 Å². The largest absolute Gasteiger partial charge is 0.292 e. The third-order valence-electron chi connectivity index (χ3n) is 3.23. The van der Waals surface area contributed by atoms with Crippen LogP contribution in [0.1, 0.15) is 21.6 Å². The van der Waals surface area contributed by atoms with E-state index in [0.29, 0.717) is 10.6 Å². The number of nitrogens with zero attached hydrogens (tertiary/aromatic N) is 1. The van der Waals surface area contributed by atoms with E-state index in [0.717, 1.165) is 11.1 Å². The second-order valence-corrected chi connectivity index (χ2v) is 6.88. The van der Waals surface area contributed by atoms with Crippen LogP contribution in [0.3, 0.4) is 0 Å². The summed E-state index contributed by atoms with van der Waals surface area (Å²) < 4.78 is 12.2. The summed E-state index contributed by atoms with van der Waals surface area (Å²) in [6.07, 6.45) is 3.66. The smallest absolute Gasteiger partial charge is 0.185 e. The van der Waals surface area contributed by atoms with E-state index < -0.39 is 9.52 Å². The molecule has 2 aromatic rings. The molecule has 20 heavy (non-hydrogen) atoms. The minimum absolute atomic E-state index is 0.0490. The van der Waals surface area contributed by atoms with Gasteiger partial charge in [-0.05, 0) is 46.7 Å². The lowest BCUT2D eigenvalue weighted by molar-refractivity contribution is 0.0988. The van der Waals surface area contributed by atoms with Crippen LogP contribution in [-0.4, -0.2) is 20.8 Å². The van der Waals surface area contributed by atoms with E-state index in [4.69, 9.17) is 0 Å². The van der Waals surface area contributed by atoms with Gasteiger partial charge < -0.3 is 0 Å². The summed E-state index contributed by atoms with van der Waals surface area (Å²) in [5.41, 5.74) is 2.19. The summed E-state index contributed by atoms with van der Waals surface area (Å²) in [5.74, 6) is 3.68. The molecular formula is C16H13NO2S. The molecule has 1 aromatic carbocycles. The molecule has 0 aliphatic carbocycles. The van der Waals surface area contributed by atoms with E-state index in [2.05, 4.69) is 10.9 Å². The second kappa shape index (κ2) is 4.72. The molecule has 0 saturated carbocycles. The first-order chi connectivity index (χ1) is 9.56. The van der Waals surface area contributed by atoms with Gasteiger partial charge in [0.2, 0.25) is 0 Å². The normalized spacial score (nSPS) is 19.8. The Hall–Kier alpha value is -2.20. The van der Waals surface area contributed by atoms with Crippen molar-refractivity contribution >= 4 is 27.3 Å². The van der Waals surface area contributed by atoms with E-state index in [1.54, 1.807) is 29.8 Å². The molecule has 0 spiro atoms. The summed E-state index contributed by atoms with van der Waals surface area (Å²) in [5, 5.41) is 1.63. The maximum absolute atomic E-state index is 12.2. The highest BCUT2D eigenvalue weighted by Crippen LogP contribution is 2.27. The quantitative estimate of drug-likeness (QED) is 0.642. The number of pyridine rings is 1. The summed E-state index contributed by atoms with van der Waals surface area (Å²) in [6, 6.07) is 10.8. The number of fused-ring (bicyclic) bond motifs is 1. The molecule has 2 heterocycles. The molecular weight excluding hydrogens is 270 g/mol. The number of hydrogen-bond donors (Lipinski definition) is 0. The number of carbonyl (C=O) groups excluding carboxylic acids is 1. The number of ketones is 1. The zero-order valence-electron chi connectivity index (χ0n) is 10.8. The predicted octanol–water partition coefficient (Wildman–Crippen LogP) is 2.57. The minimum atomic E-state index is -2.34. The molecule has 1 aromatic heterocycles. The number of benzene rings is 1. The fraction of sp³-hybridized carbons (Fsp3) is 0.0625. The van der Waals surface area contributed by atoms with Crippen LogP contribution in [-0.2, 0) is 15.9 Å². The van der Waals surface area contributed by atoms with Gasteiger partial charge in [0, 0.05) is 27.0 Å². The van der Waals surface area contributed by atoms with Crippen LogP contribution in [0.2, 0.25) is 0 Å². The fourth-order valence-corrected chi connectivity index (χ4v) is 3.58. The molecule has 1 aliphatic heterocycles. The average Bonchev–Trinajstić information content (AvgIpc) is 2.75. The molecule has 0 fully saturated rings. The van der Waals surface area contributed by atoms with E-state index in [1.165, 1.54) is 0 Å². The Morgan fingerprint density at radius 2 is 2.10 bits per heavy atom. The van der Waals surface area contributed by atoms with Crippen molar-refractivity contribution in [3.8, 4) is 0 Å². The summed E-state index contributed by atoms with van der Waals surface area (Å²) in [6.45, 7) is 0. The highest BCUT2D eigenvalue weighted by Gasteiger charge is 2.17. The molecule has 3 nitrogen and oxygen atoms in total. The third-order valence-corrected chi connectivity index (χ3v) is 4.91. The van der Waals surface area contributed by atoms with Crippen LogP contribution in [0.5, 0.6) is 0 Å². The summed E-state index contributed by atoms with van der Waals surface area (Å²) >= 11 is 0. The standard InChI is InChI=1S/C16H13NO2S/c1-20(19)9-7-13-6-5-12(11-16(13)20)10-15(18)14-4-2-3-8-17-14/h2-9,11H,1,10H2. The van der Waals surface area contributed by atoms with Crippen molar-refractivity contribution in [2.75, 3.05) is 0 Å². The van der Waals surface area contributed by atoms with E-state index in [-0.39, 0.29) is 12.2 Å². The minimum Gasteiger partial charge on any atom is -0.292 e. The maximum atomic E-state index is 12.2. The molecule has 100 valence electrons. The lowest BCUT2D eigenvalue weighted by atomic mass is 10.0. The lowest BCUT2D eigenvalue weighted by Gasteiger charge is -2.06. The molecule has 0 saturated heterocycles. The Kier molecular flexibility index (Phi) is 3.03. The first-order valence-electron chi connectivity index (χ1n) is 6.19. The van der Waals surface area contributed by atoms with Gasteiger partial charge in [0.15, 0.2) is 5.78 Å². The van der Waals surface area contributed by atoms with Crippen LogP contribution in [0.25, 0.3) is 6.08 Å². The maximum Gasteiger partial charge on any atom is 0.185 e. The third kappa shape index (κ3) is 2.30. The molecule has 1 atom stereocenters. The molecule has 4 heteroatoms. The first-order valence-corrected chi connectivity index (χ1v) is 7.98. The molecule has 0 bridgehead atoms. The molecule has 0 amide bonds. The average molecular weight is 283 g/mol. The lowest BCUT2D eigenvalue weighted by Crippen LogP contribution is -2.06. The monoisotopic (exact) mass is 283 g/mol. The summed E-state index contributed by atoms with van der Waals surface area (Å²) in [7, 11) is -2.34. The van der Waals surface area contributed by atoms with Gasteiger partial charge in [-0.3, -0.25) is 14.0 Å². The summed E-state index contributed by atoms with van der Waals surface area (Å²) in [4.78, 5) is 16.9. The van der Waals surface area contributed by atoms with Gasteiger partial charge in [-0.2, -0.15) is 0 Å². The molecule has 1 aliphatic rings. The van der Waals surface area contributed by atoms with Gasteiger partial charge in [-0.25, -0.2) is 0 Å². The Bertz CT molecular complexity index is 806. The van der Waals surface area contributed by atoms with Crippen molar-refractivity contribution in [1.29, 1.82) is 0 Å². The van der Waals surface area contributed by atoms with Crippen molar-refractivity contribution in [2.45, 2.75) is 11.3 Å². The van der Waals surface area contributed by atoms with Crippen molar-refractivity contribution in [2.24, 2.45) is 0 Å². The number of carbonyl (C=O) groups is 1. The highest BCUT2D eigenvalue weighted by molar-refractivity contribution is 8.03. The predicted molar refractivity (Wildman–Crippen MR) is 81.3 cm³/mol. The van der Waals surface area contributed by atoms with Gasteiger partial charge in [-0.15, -0.1) is 0 Å². The molecule has 0 N–H and O–H groups in total. The van der Waals surface area contributed by atoms with Gasteiger partial charge in [0.1, 0.15) is 5.69 Å². The second-order valence-electron chi connectivity index (χ2n) is 4.72. The van der Waals surface area contributed by atoms with Gasteiger partial charge >= 0.3 is 0 Å². The van der Waals surface area contributed by atoms with Crippen molar-refractivity contribution in [3.63, 3.8) is 0 Å². The van der Waals surface area contributed by atoms with E-state index >= 15 is 0 Å². The zero-order chi connectivity index (χ0) is 14.2. The number of aromatic nitrogens is 1. The Morgan fingerprint density at radius 3 is 2.85 bits per heavy atom. The Labute approximate surface area is 118 Å². The topological polar surface area (TPSA) is 47.0 Å². The van der Waals surface area contributed by atoms with Crippen LogP contribution < -0.4 is 0 Å². The zero-order valence-corrected chi connectivity index (χ0v) is 11.6. The fourth-order valence-electron chi connectivity index (χ4n) is 2.19. The molecule has 0 radical (unpaired) electrons. The Balaban J connectivity index is 1.89. The van der Waals surface area contributed by atoms with Crippen LogP contribution in [0.4, 0.5) is 0 Å². The van der Waals surface area contributed by atoms with Crippen LogP contribution >= 0.6 is 0 Å². The Morgan fingerprint density at radius 1 is 1.25 bits per heavy atom. The van der Waals surface area contributed by atoms with Crippen LogP contribution in [0.15, 0.2) is 52.9 Å². The van der Waals surface area contributed by atoms with E-state index in [9.17, 15) is 9.00 Å². The molecule has 3 rings (SSSR count). The van der Waals surface area contributed by atoms with Gasteiger partial charge in [-0.1, -0.05) is 18.2 Å². The number of Topliss-reactive ketones (excluding diaryl/α,β-unsaturated/α-hetero) is 1. The van der Waals surface area contributed by atoms with Gasteiger partial charge in [0.05, 0.1) is 0 Å². The van der Waals surface area contributed by atoms with Crippen molar-refractivity contribution < 1.29 is 9.00 Å². The van der Waals surface area contributed by atoms with Crippen molar-refractivity contribution in [1.82, 2.24) is 4.98 Å². The number of hydrogen-bond acceptors (Lipinski definition) is 3. The molecule has 1 unspecified atom stereocenters. The van der Waals surface area contributed by atoms with E-state index in [1.807, 2.05) is 24.3 Å². The van der Waals surface area contributed by atoms with Crippen LogP contribution in [0, 0.1) is 0 Å².